The Kier molecular flexibility index (Phi) is 4.40. The third-order valence-electron chi connectivity index (χ3n) is 2.63. The van der Waals surface area contributed by atoms with Crippen molar-refractivity contribution in [3.8, 4) is 11.4 Å². The van der Waals surface area contributed by atoms with Gasteiger partial charge in [-0.2, -0.15) is 5.21 Å². The summed E-state index contributed by atoms with van der Waals surface area (Å²) in [4.78, 5) is 0. The number of hydrogen-bond acceptors (Lipinski definition) is 5. The quantitative estimate of drug-likeness (QED) is 0.717. The first-order valence-corrected chi connectivity index (χ1v) is 6.60. The van der Waals surface area contributed by atoms with Gasteiger partial charge in [-0.3, -0.25) is 0 Å². The van der Waals surface area contributed by atoms with Crippen LogP contribution in [0.4, 0.5) is 0 Å². The Morgan fingerprint density at radius 3 is 2.50 bits per heavy atom. The number of alkyl halides is 1. The van der Waals surface area contributed by atoms with E-state index in [1.54, 1.807) is 24.3 Å². The van der Waals surface area contributed by atoms with E-state index in [4.69, 9.17) is 0 Å². The molecule has 1 heterocycles. The molecule has 2 aromatic rings. The highest BCUT2D eigenvalue weighted by molar-refractivity contribution is 9.09. The van der Waals surface area contributed by atoms with Gasteiger partial charge < -0.3 is 10.2 Å². The predicted octanol–water partition coefficient (Wildman–Crippen LogP) is 1.05. The van der Waals surface area contributed by atoms with Crippen LogP contribution in [0.3, 0.4) is 0 Å². The molecule has 0 spiro atoms. The molecule has 0 aliphatic carbocycles. The SMILES string of the molecule is OC(CCBr)C(O)c1ccc(-c2nn[nH]n2)cc1. The molecule has 0 saturated carbocycles. The van der Waals surface area contributed by atoms with E-state index in [-0.39, 0.29) is 0 Å². The number of aromatic nitrogens is 4. The normalized spacial score (nSPS) is 14.4. The highest BCUT2D eigenvalue weighted by Gasteiger charge is 2.17. The largest absolute Gasteiger partial charge is 0.390 e. The summed E-state index contributed by atoms with van der Waals surface area (Å²) in [5.41, 5.74) is 1.46. The van der Waals surface area contributed by atoms with Gasteiger partial charge >= 0.3 is 0 Å². The predicted molar refractivity (Wildman–Crippen MR) is 69.0 cm³/mol. The Hall–Kier alpha value is -1.31. The van der Waals surface area contributed by atoms with Gasteiger partial charge in [0.1, 0.15) is 6.10 Å². The Balaban J connectivity index is 2.12. The van der Waals surface area contributed by atoms with Crippen molar-refractivity contribution in [2.75, 3.05) is 5.33 Å². The average molecular weight is 313 g/mol. The second-order valence-corrected chi connectivity index (χ2v) is 4.64. The molecule has 0 bridgehead atoms. The van der Waals surface area contributed by atoms with Gasteiger partial charge in [-0.25, -0.2) is 0 Å². The molecular weight excluding hydrogens is 300 g/mol. The van der Waals surface area contributed by atoms with E-state index in [1.165, 1.54) is 0 Å². The zero-order valence-electron chi connectivity index (χ0n) is 9.49. The minimum absolute atomic E-state index is 0.494. The van der Waals surface area contributed by atoms with Crippen LogP contribution >= 0.6 is 15.9 Å². The summed E-state index contributed by atoms with van der Waals surface area (Å²) in [5, 5.41) is 33.8. The molecule has 6 nitrogen and oxygen atoms in total. The fourth-order valence-electron chi connectivity index (χ4n) is 1.61. The molecule has 0 saturated heterocycles. The van der Waals surface area contributed by atoms with Crippen molar-refractivity contribution in [1.82, 2.24) is 20.6 Å². The first-order valence-electron chi connectivity index (χ1n) is 5.48. The summed E-state index contributed by atoms with van der Waals surface area (Å²) in [6.45, 7) is 0. The van der Waals surface area contributed by atoms with Gasteiger partial charge in [0, 0.05) is 10.9 Å². The molecule has 1 aromatic carbocycles. The van der Waals surface area contributed by atoms with E-state index in [9.17, 15) is 10.2 Å². The Morgan fingerprint density at radius 1 is 1.22 bits per heavy atom. The van der Waals surface area contributed by atoms with Gasteiger partial charge in [-0.15, -0.1) is 10.2 Å². The van der Waals surface area contributed by atoms with E-state index >= 15 is 0 Å². The first kappa shape index (κ1) is 13.1. The van der Waals surface area contributed by atoms with Crippen LogP contribution in [-0.2, 0) is 0 Å². The van der Waals surface area contributed by atoms with Gasteiger partial charge in [0.25, 0.3) is 0 Å². The van der Waals surface area contributed by atoms with Gasteiger partial charge in [0.2, 0.25) is 5.82 Å². The minimum Gasteiger partial charge on any atom is -0.390 e. The maximum absolute atomic E-state index is 9.92. The van der Waals surface area contributed by atoms with Gasteiger partial charge in [0.05, 0.1) is 6.10 Å². The maximum atomic E-state index is 9.92. The number of H-pyrrole nitrogens is 1. The molecule has 1 aromatic heterocycles. The van der Waals surface area contributed by atoms with Crippen LogP contribution in [0.2, 0.25) is 0 Å². The summed E-state index contributed by atoms with van der Waals surface area (Å²) in [6.07, 6.45) is -1.17. The van der Waals surface area contributed by atoms with Crippen molar-refractivity contribution in [1.29, 1.82) is 0 Å². The molecule has 2 rings (SSSR count). The zero-order valence-corrected chi connectivity index (χ0v) is 11.1. The topological polar surface area (TPSA) is 94.9 Å². The summed E-state index contributed by atoms with van der Waals surface area (Å²) in [7, 11) is 0. The van der Waals surface area contributed by atoms with Crippen LogP contribution < -0.4 is 0 Å². The van der Waals surface area contributed by atoms with Crippen molar-refractivity contribution in [2.24, 2.45) is 0 Å². The number of tetrazole rings is 1. The standard InChI is InChI=1S/C11H13BrN4O2/c12-6-5-9(17)10(18)7-1-3-8(4-2-7)11-13-15-16-14-11/h1-4,9-10,17-18H,5-6H2,(H,13,14,15,16). The Bertz CT molecular complexity index is 474. The molecule has 0 fully saturated rings. The van der Waals surface area contributed by atoms with Crippen molar-refractivity contribution in [3.63, 3.8) is 0 Å². The summed E-state index contributed by atoms with van der Waals surface area (Å²) in [5.74, 6) is 0.497. The summed E-state index contributed by atoms with van der Waals surface area (Å²) < 4.78 is 0. The third-order valence-corrected chi connectivity index (χ3v) is 3.08. The molecular formula is C11H13BrN4O2. The van der Waals surface area contributed by atoms with E-state index < -0.39 is 12.2 Å². The monoisotopic (exact) mass is 312 g/mol. The molecule has 0 aliphatic heterocycles. The second kappa shape index (κ2) is 6.03. The number of rotatable bonds is 5. The van der Waals surface area contributed by atoms with Crippen LogP contribution in [0.15, 0.2) is 24.3 Å². The fraction of sp³-hybridized carbons (Fsp3) is 0.364. The molecule has 2 atom stereocenters. The van der Waals surface area contributed by atoms with Crippen LogP contribution in [0.25, 0.3) is 11.4 Å². The van der Waals surface area contributed by atoms with Crippen molar-refractivity contribution in [3.05, 3.63) is 29.8 Å². The fourth-order valence-corrected chi connectivity index (χ4v) is 2.07. The number of hydrogen-bond donors (Lipinski definition) is 3. The van der Waals surface area contributed by atoms with E-state index in [2.05, 4.69) is 36.6 Å². The van der Waals surface area contributed by atoms with Crippen LogP contribution in [-0.4, -0.2) is 42.3 Å². The van der Waals surface area contributed by atoms with Crippen LogP contribution in [0, 0.1) is 0 Å². The molecule has 7 heteroatoms. The van der Waals surface area contributed by atoms with Crippen molar-refractivity contribution in [2.45, 2.75) is 18.6 Å². The maximum Gasteiger partial charge on any atom is 0.204 e. The minimum atomic E-state index is -0.887. The Labute approximate surface area is 112 Å². The lowest BCUT2D eigenvalue weighted by atomic mass is 10.0. The molecule has 3 N–H and O–H groups in total. The highest BCUT2D eigenvalue weighted by Crippen LogP contribution is 2.22. The summed E-state index contributed by atoms with van der Waals surface area (Å²) >= 11 is 3.23. The van der Waals surface area contributed by atoms with Gasteiger partial charge in [-0.1, -0.05) is 40.2 Å². The van der Waals surface area contributed by atoms with Crippen molar-refractivity contribution < 1.29 is 10.2 Å². The zero-order chi connectivity index (χ0) is 13.0. The lowest BCUT2D eigenvalue weighted by molar-refractivity contribution is 0.0174. The third kappa shape index (κ3) is 2.92. The smallest absolute Gasteiger partial charge is 0.204 e. The lowest BCUT2D eigenvalue weighted by Crippen LogP contribution is -2.18. The highest BCUT2D eigenvalue weighted by atomic mass is 79.9. The number of aliphatic hydroxyl groups is 2. The molecule has 2 unspecified atom stereocenters. The number of benzene rings is 1. The number of nitrogens with one attached hydrogen (secondary N) is 1. The lowest BCUT2D eigenvalue weighted by Gasteiger charge is -2.17. The second-order valence-electron chi connectivity index (χ2n) is 3.85. The molecule has 0 radical (unpaired) electrons. The van der Waals surface area contributed by atoms with Crippen LogP contribution in [0.5, 0.6) is 0 Å². The van der Waals surface area contributed by atoms with Gasteiger partial charge in [0.15, 0.2) is 0 Å². The van der Waals surface area contributed by atoms with E-state index in [0.29, 0.717) is 23.1 Å². The van der Waals surface area contributed by atoms with Gasteiger partial charge in [-0.05, 0) is 17.2 Å². The van der Waals surface area contributed by atoms with Crippen LogP contribution in [0.1, 0.15) is 18.1 Å². The molecule has 0 amide bonds. The molecule has 18 heavy (non-hydrogen) atoms. The van der Waals surface area contributed by atoms with Crippen molar-refractivity contribution >= 4 is 15.9 Å². The summed E-state index contributed by atoms with van der Waals surface area (Å²) in [6, 6.07) is 7.05. The number of halogens is 1. The average Bonchev–Trinajstić information content (AvgIpc) is 2.92. The molecule has 96 valence electrons. The number of aromatic amines is 1. The number of nitrogens with zero attached hydrogens (tertiary/aromatic N) is 3. The molecule has 0 aliphatic rings. The first-order chi connectivity index (χ1) is 8.72. The number of aliphatic hydroxyl groups excluding tert-OH is 2. The van der Waals surface area contributed by atoms with E-state index in [1.807, 2.05) is 0 Å². The Morgan fingerprint density at radius 2 is 1.94 bits per heavy atom. The van der Waals surface area contributed by atoms with E-state index in [0.717, 1.165) is 5.56 Å².